The molecule has 1 saturated carbocycles. The van der Waals surface area contributed by atoms with E-state index in [1.807, 2.05) is 6.92 Å². The monoisotopic (exact) mass is 343 g/mol. The van der Waals surface area contributed by atoms with Crippen LogP contribution in [-0.2, 0) is 22.4 Å². The van der Waals surface area contributed by atoms with Crippen molar-refractivity contribution in [1.82, 2.24) is 5.32 Å². The van der Waals surface area contributed by atoms with Gasteiger partial charge in [-0.25, -0.2) is 0 Å². The van der Waals surface area contributed by atoms with Crippen LogP contribution in [0.1, 0.15) is 81.0 Å². The molecule has 1 fully saturated rings. The molecule has 1 unspecified atom stereocenters. The molecule has 0 heterocycles. The molecule has 1 aromatic carbocycles. The van der Waals surface area contributed by atoms with Crippen molar-refractivity contribution in [2.24, 2.45) is 5.41 Å². The summed E-state index contributed by atoms with van der Waals surface area (Å²) in [7, 11) is 0. The molecule has 4 nitrogen and oxygen atoms in total. The normalized spacial score (nSPS) is 20.4. The van der Waals surface area contributed by atoms with Crippen molar-refractivity contribution >= 4 is 11.9 Å². The van der Waals surface area contributed by atoms with Crippen LogP contribution < -0.4 is 5.32 Å². The molecule has 1 amide bonds. The quantitative estimate of drug-likeness (QED) is 0.843. The average molecular weight is 343 g/mol. The first-order valence-corrected chi connectivity index (χ1v) is 9.65. The number of amides is 1. The Labute approximate surface area is 150 Å². The molecule has 25 heavy (non-hydrogen) atoms. The van der Waals surface area contributed by atoms with Gasteiger partial charge in [-0.3, -0.25) is 9.59 Å². The first kappa shape index (κ1) is 18.0. The summed E-state index contributed by atoms with van der Waals surface area (Å²) in [6.07, 6.45) is 8.96. The zero-order chi connectivity index (χ0) is 17.9. The summed E-state index contributed by atoms with van der Waals surface area (Å²) in [5.41, 5.74) is 3.08. The Morgan fingerprint density at radius 3 is 2.44 bits per heavy atom. The van der Waals surface area contributed by atoms with Crippen molar-refractivity contribution < 1.29 is 14.7 Å². The van der Waals surface area contributed by atoms with Crippen molar-refractivity contribution in [3.05, 3.63) is 34.9 Å². The number of aliphatic carboxylic acids is 1. The molecule has 2 aliphatic rings. The molecule has 0 saturated heterocycles. The van der Waals surface area contributed by atoms with E-state index in [0.29, 0.717) is 12.8 Å². The second kappa shape index (κ2) is 7.59. The maximum atomic E-state index is 12.5. The molecule has 0 radical (unpaired) electrons. The van der Waals surface area contributed by atoms with Gasteiger partial charge in [-0.1, -0.05) is 37.5 Å². The van der Waals surface area contributed by atoms with Crippen molar-refractivity contribution in [1.29, 1.82) is 0 Å². The number of benzene rings is 1. The molecule has 1 atom stereocenters. The van der Waals surface area contributed by atoms with Gasteiger partial charge in [0.05, 0.1) is 11.5 Å². The number of carbonyl (C=O) groups excluding carboxylic acids is 1. The highest BCUT2D eigenvalue weighted by Crippen LogP contribution is 2.39. The number of carbonyl (C=O) groups is 2. The minimum Gasteiger partial charge on any atom is -0.481 e. The van der Waals surface area contributed by atoms with Gasteiger partial charge in [0.25, 0.3) is 0 Å². The van der Waals surface area contributed by atoms with E-state index in [9.17, 15) is 14.7 Å². The van der Waals surface area contributed by atoms with Crippen LogP contribution in [0.25, 0.3) is 0 Å². The van der Waals surface area contributed by atoms with Gasteiger partial charge in [0, 0.05) is 6.42 Å². The van der Waals surface area contributed by atoms with E-state index in [4.69, 9.17) is 0 Å². The fourth-order valence-corrected chi connectivity index (χ4v) is 4.40. The SMILES string of the molecule is CC(NC(=O)CC1(C(=O)O)CCCCC1)c1ccc2c(c1)CCCC2. The van der Waals surface area contributed by atoms with Crippen molar-refractivity contribution in [2.45, 2.75) is 77.2 Å². The molecule has 0 spiro atoms. The molecule has 0 aromatic heterocycles. The Morgan fingerprint density at radius 2 is 1.76 bits per heavy atom. The molecular formula is C21H29NO3. The van der Waals surface area contributed by atoms with Crippen LogP contribution in [0, 0.1) is 5.41 Å². The largest absolute Gasteiger partial charge is 0.481 e. The van der Waals surface area contributed by atoms with Gasteiger partial charge in [0.15, 0.2) is 0 Å². The molecule has 136 valence electrons. The summed E-state index contributed by atoms with van der Waals surface area (Å²) >= 11 is 0. The van der Waals surface area contributed by atoms with Gasteiger partial charge in [0.1, 0.15) is 0 Å². The molecule has 0 bridgehead atoms. The van der Waals surface area contributed by atoms with Crippen LogP contribution in [0.2, 0.25) is 0 Å². The molecule has 2 N–H and O–H groups in total. The number of aryl methyl sites for hydroxylation is 2. The van der Waals surface area contributed by atoms with E-state index in [2.05, 4.69) is 23.5 Å². The summed E-state index contributed by atoms with van der Waals surface area (Å²) in [6, 6.07) is 6.41. The van der Waals surface area contributed by atoms with E-state index in [0.717, 1.165) is 37.7 Å². The molecule has 3 rings (SSSR count). The maximum absolute atomic E-state index is 12.5. The summed E-state index contributed by atoms with van der Waals surface area (Å²) in [5, 5.41) is 12.7. The lowest BCUT2D eigenvalue weighted by atomic mass is 9.71. The Bertz CT molecular complexity index is 647. The topological polar surface area (TPSA) is 66.4 Å². The fraction of sp³-hybridized carbons (Fsp3) is 0.619. The summed E-state index contributed by atoms with van der Waals surface area (Å²) in [4.78, 5) is 24.3. The van der Waals surface area contributed by atoms with Gasteiger partial charge in [-0.05, 0) is 62.1 Å². The van der Waals surface area contributed by atoms with Gasteiger partial charge < -0.3 is 10.4 Å². The lowest BCUT2D eigenvalue weighted by Crippen LogP contribution is -2.39. The highest BCUT2D eigenvalue weighted by molar-refractivity contribution is 5.85. The number of hydrogen-bond acceptors (Lipinski definition) is 2. The molecule has 4 heteroatoms. The van der Waals surface area contributed by atoms with Crippen molar-refractivity contribution in [3.8, 4) is 0 Å². The Balaban J connectivity index is 1.65. The van der Waals surface area contributed by atoms with Gasteiger partial charge in [-0.15, -0.1) is 0 Å². The minimum absolute atomic E-state index is 0.0887. The van der Waals surface area contributed by atoms with E-state index >= 15 is 0 Å². The zero-order valence-electron chi connectivity index (χ0n) is 15.1. The standard InChI is InChI=1S/C21H29NO3/c1-15(17-10-9-16-7-3-4-8-18(16)13-17)22-19(23)14-21(20(24)25)11-5-2-6-12-21/h9-10,13,15H,2-8,11-12,14H2,1H3,(H,22,23)(H,24,25). The lowest BCUT2D eigenvalue weighted by Gasteiger charge is -2.33. The summed E-state index contributed by atoms with van der Waals surface area (Å²) in [5.74, 6) is -0.960. The highest BCUT2D eigenvalue weighted by atomic mass is 16.4. The first-order chi connectivity index (χ1) is 12.0. The maximum Gasteiger partial charge on any atom is 0.310 e. The number of carboxylic acid groups (broad SMARTS) is 1. The minimum atomic E-state index is -0.863. The van der Waals surface area contributed by atoms with Crippen LogP contribution in [0.15, 0.2) is 18.2 Å². The summed E-state index contributed by atoms with van der Waals surface area (Å²) in [6.45, 7) is 1.98. The molecule has 2 aliphatic carbocycles. The van der Waals surface area contributed by atoms with E-state index in [1.54, 1.807) is 0 Å². The van der Waals surface area contributed by atoms with Gasteiger partial charge >= 0.3 is 5.97 Å². The Morgan fingerprint density at radius 1 is 1.08 bits per heavy atom. The van der Waals surface area contributed by atoms with Gasteiger partial charge in [0.2, 0.25) is 5.91 Å². The predicted molar refractivity (Wildman–Crippen MR) is 97.4 cm³/mol. The Kier molecular flexibility index (Phi) is 5.45. The smallest absolute Gasteiger partial charge is 0.310 e. The predicted octanol–water partition coefficient (Wildman–Crippen LogP) is 4.17. The Hall–Kier alpha value is -1.84. The van der Waals surface area contributed by atoms with E-state index in [-0.39, 0.29) is 18.4 Å². The van der Waals surface area contributed by atoms with E-state index < -0.39 is 11.4 Å². The van der Waals surface area contributed by atoms with Crippen LogP contribution >= 0.6 is 0 Å². The van der Waals surface area contributed by atoms with E-state index in [1.165, 1.54) is 24.0 Å². The first-order valence-electron chi connectivity index (χ1n) is 9.65. The second-order valence-corrected chi connectivity index (χ2v) is 7.85. The van der Waals surface area contributed by atoms with Crippen LogP contribution in [0.5, 0.6) is 0 Å². The third kappa shape index (κ3) is 4.05. The molecular weight excluding hydrogens is 314 g/mol. The number of fused-ring (bicyclic) bond motifs is 1. The van der Waals surface area contributed by atoms with Crippen molar-refractivity contribution in [3.63, 3.8) is 0 Å². The van der Waals surface area contributed by atoms with Gasteiger partial charge in [-0.2, -0.15) is 0 Å². The number of nitrogens with one attached hydrogen (secondary N) is 1. The lowest BCUT2D eigenvalue weighted by molar-refractivity contribution is -0.154. The fourth-order valence-electron chi connectivity index (χ4n) is 4.40. The third-order valence-corrected chi connectivity index (χ3v) is 6.01. The van der Waals surface area contributed by atoms with Crippen molar-refractivity contribution in [2.75, 3.05) is 0 Å². The van der Waals surface area contributed by atoms with Crippen LogP contribution in [0.3, 0.4) is 0 Å². The number of hydrogen-bond donors (Lipinski definition) is 2. The zero-order valence-corrected chi connectivity index (χ0v) is 15.1. The van der Waals surface area contributed by atoms with Crippen LogP contribution in [0.4, 0.5) is 0 Å². The summed E-state index contributed by atoms with van der Waals surface area (Å²) < 4.78 is 0. The number of carboxylic acids is 1. The van der Waals surface area contributed by atoms with Crippen LogP contribution in [-0.4, -0.2) is 17.0 Å². The molecule has 1 aromatic rings. The average Bonchev–Trinajstić information content (AvgIpc) is 2.61. The third-order valence-electron chi connectivity index (χ3n) is 6.01. The molecule has 0 aliphatic heterocycles. The highest BCUT2D eigenvalue weighted by Gasteiger charge is 2.41. The second-order valence-electron chi connectivity index (χ2n) is 7.85. The number of rotatable bonds is 5.